The monoisotopic (exact) mass is 258 g/mol. The van der Waals surface area contributed by atoms with Crippen molar-refractivity contribution in [2.24, 2.45) is 0 Å². The molecule has 2 rings (SSSR count). The minimum atomic E-state index is -0.473. The Morgan fingerprint density at radius 3 is 2.95 bits per heavy atom. The van der Waals surface area contributed by atoms with Gasteiger partial charge >= 0.3 is 0 Å². The number of pyridine rings is 1. The SMILES string of the molecule is CCC1C(=O)NC(=O)CN1c1nccc(C)c1C#N. The summed E-state index contributed by atoms with van der Waals surface area (Å²) in [5.74, 6) is -0.314. The van der Waals surface area contributed by atoms with Crippen LogP contribution in [-0.2, 0) is 9.59 Å². The van der Waals surface area contributed by atoms with Gasteiger partial charge < -0.3 is 4.90 Å². The summed E-state index contributed by atoms with van der Waals surface area (Å²) in [5.41, 5.74) is 1.18. The van der Waals surface area contributed by atoms with Crippen LogP contribution in [0, 0.1) is 18.3 Å². The van der Waals surface area contributed by atoms with E-state index in [-0.39, 0.29) is 18.4 Å². The van der Waals surface area contributed by atoms with Gasteiger partial charge in [0.15, 0.2) is 0 Å². The van der Waals surface area contributed by atoms with Gasteiger partial charge in [-0.3, -0.25) is 14.9 Å². The fraction of sp³-hybridized carbons (Fsp3) is 0.385. The molecule has 6 heteroatoms. The maximum atomic E-state index is 11.8. The Morgan fingerprint density at radius 1 is 1.58 bits per heavy atom. The predicted octanol–water partition coefficient (Wildman–Crippen LogP) is 0.503. The van der Waals surface area contributed by atoms with E-state index in [0.29, 0.717) is 17.8 Å². The minimum absolute atomic E-state index is 0.0371. The molecule has 1 unspecified atom stereocenters. The van der Waals surface area contributed by atoms with Crippen LogP contribution in [-0.4, -0.2) is 29.4 Å². The standard InChI is InChI=1S/C13H14N4O2/c1-3-10-13(19)16-11(18)7-17(10)12-9(6-14)8(2)4-5-15-12/h4-5,10H,3,7H2,1-2H3,(H,16,18,19). The Hall–Kier alpha value is -2.42. The van der Waals surface area contributed by atoms with Crippen molar-refractivity contribution in [3.05, 3.63) is 23.4 Å². The predicted molar refractivity (Wildman–Crippen MR) is 68.3 cm³/mol. The lowest BCUT2D eigenvalue weighted by atomic mass is 10.1. The number of amides is 2. The molecule has 0 aliphatic carbocycles. The van der Waals surface area contributed by atoms with Crippen molar-refractivity contribution in [2.45, 2.75) is 26.3 Å². The van der Waals surface area contributed by atoms with E-state index in [0.717, 1.165) is 5.56 Å². The van der Waals surface area contributed by atoms with Crippen molar-refractivity contribution in [3.8, 4) is 6.07 Å². The van der Waals surface area contributed by atoms with E-state index in [9.17, 15) is 14.9 Å². The van der Waals surface area contributed by atoms with Gasteiger partial charge in [0, 0.05) is 6.20 Å². The summed E-state index contributed by atoms with van der Waals surface area (Å²) in [6.07, 6.45) is 2.12. The first-order valence-electron chi connectivity index (χ1n) is 6.04. The molecular weight excluding hydrogens is 244 g/mol. The third-order valence-electron chi connectivity index (χ3n) is 3.17. The van der Waals surface area contributed by atoms with Crippen LogP contribution in [0.25, 0.3) is 0 Å². The second-order valence-electron chi connectivity index (χ2n) is 4.40. The van der Waals surface area contributed by atoms with Crippen LogP contribution in [0.1, 0.15) is 24.5 Å². The average Bonchev–Trinajstić information content (AvgIpc) is 2.37. The molecule has 0 saturated carbocycles. The van der Waals surface area contributed by atoms with Crippen molar-refractivity contribution < 1.29 is 9.59 Å². The summed E-state index contributed by atoms with van der Waals surface area (Å²) in [6.45, 7) is 3.70. The Morgan fingerprint density at radius 2 is 2.32 bits per heavy atom. The normalized spacial score (nSPS) is 19.0. The first kappa shape index (κ1) is 13.0. The molecule has 1 saturated heterocycles. The number of aromatic nitrogens is 1. The van der Waals surface area contributed by atoms with Crippen molar-refractivity contribution in [3.63, 3.8) is 0 Å². The molecule has 1 aromatic heterocycles. The topological polar surface area (TPSA) is 86.1 Å². The summed E-state index contributed by atoms with van der Waals surface area (Å²) in [5, 5.41) is 11.5. The molecule has 19 heavy (non-hydrogen) atoms. The lowest BCUT2D eigenvalue weighted by Crippen LogP contribution is -2.58. The molecule has 1 aliphatic heterocycles. The number of piperazine rings is 1. The summed E-state index contributed by atoms with van der Waals surface area (Å²) in [4.78, 5) is 29.1. The lowest BCUT2D eigenvalue weighted by Gasteiger charge is -2.34. The maximum absolute atomic E-state index is 11.8. The zero-order valence-electron chi connectivity index (χ0n) is 10.8. The van der Waals surface area contributed by atoms with E-state index >= 15 is 0 Å². The number of carbonyl (C=O) groups is 2. The van der Waals surface area contributed by atoms with Crippen LogP contribution in [0.4, 0.5) is 5.82 Å². The van der Waals surface area contributed by atoms with Crippen molar-refractivity contribution >= 4 is 17.6 Å². The molecule has 0 aromatic carbocycles. The molecular formula is C13H14N4O2. The molecule has 0 bridgehead atoms. The highest BCUT2D eigenvalue weighted by Crippen LogP contribution is 2.24. The first-order valence-corrected chi connectivity index (χ1v) is 6.04. The average molecular weight is 258 g/mol. The largest absolute Gasteiger partial charge is 0.334 e. The molecule has 98 valence electrons. The van der Waals surface area contributed by atoms with E-state index in [2.05, 4.69) is 16.4 Å². The van der Waals surface area contributed by atoms with E-state index in [1.807, 2.05) is 6.92 Å². The fourth-order valence-electron chi connectivity index (χ4n) is 2.19. The third kappa shape index (κ3) is 2.27. The molecule has 0 radical (unpaired) electrons. The van der Waals surface area contributed by atoms with Crippen LogP contribution in [0.5, 0.6) is 0 Å². The van der Waals surface area contributed by atoms with Gasteiger partial charge in [0.1, 0.15) is 17.9 Å². The number of aryl methyl sites for hydroxylation is 1. The number of rotatable bonds is 2. The molecule has 1 N–H and O–H groups in total. The number of nitrogens with one attached hydrogen (secondary N) is 1. The number of nitrogens with zero attached hydrogens (tertiary/aromatic N) is 3. The number of imide groups is 1. The number of hydrogen-bond acceptors (Lipinski definition) is 5. The van der Waals surface area contributed by atoms with Crippen LogP contribution >= 0.6 is 0 Å². The zero-order chi connectivity index (χ0) is 14.0. The Labute approximate surface area is 111 Å². The van der Waals surface area contributed by atoms with Gasteiger partial charge in [-0.1, -0.05) is 6.92 Å². The molecule has 1 fully saturated rings. The Balaban J connectivity index is 2.50. The number of carbonyl (C=O) groups excluding carboxylic acids is 2. The summed E-state index contributed by atoms with van der Waals surface area (Å²) in [7, 11) is 0. The Kier molecular flexibility index (Phi) is 3.47. The number of nitriles is 1. The van der Waals surface area contributed by atoms with Gasteiger partial charge in [0.05, 0.1) is 12.1 Å². The van der Waals surface area contributed by atoms with Crippen LogP contribution < -0.4 is 10.2 Å². The van der Waals surface area contributed by atoms with E-state index in [1.54, 1.807) is 24.1 Å². The smallest absolute Gasteiger partial charge is 0.249 e. The molecule has 2 heterocycles. The third-order valence-corrected chi connectivity index (χ3v) is 3.17. The summed E-state index contributed by atoms with van der Waals surface area (Å²) >= 11 is 0. The van der Waals surface area contributed by atoms with Crippen molar-refractivity contribution in [1.82, 2.24) is 10.3 Å². The number of anilines is 1. The van der Waals surface area contributed by atoms with Crippen LogP contribution in [0.15, 0.2) is 12.3 Å². The molecule has 0 spiro atoms. The van der Waals surface area contributed by atoms with E-state index in [4.69, 9.17) is 0 Å². The van der Waals surface area contributed by atoms with Crippen LogP contribution in [0.3, 0.4) is 0 Å². The second kappa shape index (κ2) is 5.06. The fourth-order valence-corrected chi connectivity index (χ4v) is 2.19. The summed E-state index contributed by atoms with van der Waals surface area (Å²) < 4.78 is 0. The van der Waals surface area contributed by atoms with Gasteiger partial charge in [-0.2, -0.15) is 5.26 Å². The first-order chi connectivity index (χ1) is 9.08. The second-order valence-corrected chi connectivity index (χ2v) is 4.40. The van der Waals surface area contributed by atoms with Crippen molar-refractivity contribution in [2.75, 3.05) is 11.4 Å². The van der Waals surface area contributed by atoms with Gasteiger partial charge in [0.2, 0.25) is 11.8 Å². The van der Waals surface area contributed by atoms with Gasteiger partial charge in [-0.25, -0.2) is 4.98 Å². The molecule has 1 aromatic rings. The number of hydrogen-bond donors (Lipinski definition) is 1. The lowest BCUT2D eigenvalue weighted by molar-refractivity contribution is -0.132. The van der Waals surface area contributed by atoms with Gasteiger partial charge in [-0.15, -0.1) is 0 Å². The summed E-state index contributed by atoms with van der Waals surface area (Å²) in [6, 6.07) is 3.35. The highest BCUT2D eigenvalue weighted by Gasteiger charge is 2.34. The van der Waals surface area contributed by atoms with Gasteiger partial charge in [0.25, 0.3) is 0 Å². The molecule has 2 amide bonds. The zero-order valence-corrected chi connectivity index (χ0v) is 10.8. The Bertz CT molecular complexity index is 576. The maximum Gasteiger partial charge on any atom is 0.249 e. The molecule has 6 nitrogen and oxygen atoms in total. The minimum Gasteiger partial charge on any atom is -0.334 e. The highest BCUT2D eigenvalue weighted by atomic mass is 16.2. The quantitative estimate of drug-likeness (QED) is 0.781. The highest BCUT2D eigenvalue weighted by molar-refractivity contribution is 6.04. The van der Waals surface area contributed by atoms with Crippen molar-refractivity contribution in [1.29, 1.82) is 5.26 Å². The molecule has 1 aliphatic rings. The van der Waals surface area contributed by atoms with E-state index < -0.39 is 6.04 Å². The van der Waals surface area contributed by atoms with Crippen LogP contribution in [0.2, 0.25) is 0 Å². The van der Waals surface area contributed by atoms with E-state index in [1.165, 1.54) is 0 Å². The van der Waals surface area contributed by atoms with Gasteiger partial charge in [-0.05, 0) is 25.0 Å². The molecule has 1 atom stereocenters.